The Morgan fingerprint density at radius 3 is 2.80 bits per heavy atom. The summed E-state index contributed by atoms with van der Waals surface area (Å²) in [4.78, 5) is 2.23. The molecule has 88 valence electrons. The Morgan fingerprint density at radius 2 is 2.20 bits per heavy atom. The zero-order valence-corrected chi connectivity index (χ0v) is 10.1. The van der Waals surface area contributed by atoms with E-state index in [4.69, 9.17) is 4.74 Å². The molecule has 0 amide bonds. The number of nitrogens with zero attached hydrogens (tertiary/aromatic N) is 1. The summed E-state index contributed by atoms with van der Waals surface area (Å²) in [6.45, 7) is 3.19. The second kappa shape index (κ2) is 4.81. The lowest BCUT2D eigenvalue weighted by molar-refractivity contribution is -0.135. The van der Waals surface area contributed by atoms with E-state index in [0.717, 1.165) is 19.7 Å². The highest BCUT2D eigenvalue weighted by Gasteiger charge is 2.42. The molecule has 3 nitrogen and oxygen atoms in total. The van der Waals surface area contributed by atoms with Crippen LogP contribution in [0.15, 0.2) is 0 Å². The van der Waals surface area contributed by atoms with Crippen LogP contribution in [-0.2, 0) is 4.74 Å². The van der Waals surface area contributed by atoms with Crippen LogP contribution in [0.5, 0.6) is 0 Å². The first-order valence-electron chi connectivity index (χ1n) is 6.22. The van der Waals surface area contributed by atoms with Crippen LogP contribution in [0.4, 0.5) is 0 Å². The van der Waals surface area contributed by atoms with E-state index in [1.54, 1.807) is 0 Å². The van der Waals surface area contributed by atoms with Gasteiger partial charge in [0.2, 0.25) is 0 Å². The highest BCUT2D eigenvalue weighted by molar-refractivity contribution is 4.95. The fourth-order valence-corrected chi connectivity index (χ4v) is 2.61. The van der Waals surface area contributed by atoms with Crippen molar-refractivity contribution in [3.8, 4) is 0 Å². The maximum Gasteiger partial charge on any atom is 0.0697 e. The van der Waals surface area contributed by atoms with Gasteiger partial charge in [0.25, 0.3) is 0 Å². The second-order valence-corrected chi connectivity index (χ2v) is 5.33. The summed E-state index contributed by atoms with van der Waals surface area (Å²) in [5.74, 6) is 0. The van der Waals surface area contributed by atoms with Gasteiger partial charge in [-0.3, -0.25) is 0 Å². The molecule has 3 heteroatoms. The normalized spacial score (nSPS) is 29.4. The minimum absolute atomic E-state index is 0.286. The van der Waals surface area contributed by atoms with Crippen molar-refractivity contribution in [2.45, 2.75) is 43.7 Å². The van der Waals surface area contributed by atoms with Gasteiger partial charge in [0.1, 0.15) is 0 Å². The number of rotatable bonds is 4. The minimum Gasteiger partial charge on any atom is -0.375 e. The molecule has 1 aliphatic carbocycles. The lowest BCUT2D eigenvalue weighted by Crippen LogP contribution is -2.51. The Kier molecular flexibility index (Phi) is 3.65. The molecule has 1 saturated heterocycles. The van der Waals surface area contributed by atoms with Gasteiger partial charge in [-0.2, -0.15) is 0 Å². The summed E-state index contributed by atoms with van der Waals surface area (Å²) in [7, 11) is 4.25. The minimum atomic E-state index is 0.286. The summed E-state index contributed by atoms with van der Waals surface area (Å²) in [5.41, 5.74) is 0.286. The third kappa shape index (κ3) is 2.92. The summed E-state index contributed by atoms with van der Waals surface area (Å²) >= 11 is 0. The zero-order chi connectivity index (χ0) is 10.7. The molecular weight excluding hydrogens is 188 g/mol. The fraction of sp³-hybridized carbons (Fsp3) is 1.00. The van der Waals surface area contributed by atoms with Gasteiger partial charge in [-0.25, -0.2) is 0 Å². The van der Waals surface area contributed by atoms with Crippen molar-refractivity contribution in [3.05, 3.63) is 0 Å². The van der Waals surface area contributed by atoms with Gasteiger partial charge in [0, 0.05) is 25.7 Å². The lowest BCUT2D eigenvalue weighted by atomic mass is 9.74. The largest absolute Gasteiger partial charge is 0.375 e. The molecule has 0 radical (unpaired) electrons. The molecule has 2 fully saturated rings. The average molecular weight is 212 g/mol. The molecule has 1 aliphatic heterocycles. The Bertz CT molecular complexity index is 202. The van der Waals surface area contributed by atoms with E-state index in [2.05, 4.69) is 24.3 Å². The van der Waals surface area contributed by atoms with Gasteiger partial charge < -0.3 is 15.0 Å². The molecule has 2 rings (SSSR count). The summed E-state index contributed by atoms with van der Waals surface area (Å²) in [6, 6.07) is 0.694. The van der Waals surface area contributed by atoms with Crippen LogP contribution in [0.25, 0.3) is 0 Å². The van der Waals surface area contributed by atoms with Crippen LogP contribution < -0.4 is 5.32 Å². The Balaban J connectivity index is 1.69. The van der Waals surface area contributed by atoms with Crippen LogP contribution in [-0.4, -0.2) is 50.3 Å². The van der Waals surface area contributed by atoms with Gasteiger partial charge in [0.15, 0.2) is 0 Å². The van der Waals surface area contributed by atoms with Crippen LogP contribution in [0.3, 0.4) is 0 Å². The summed E-state index contributed by atoms with van der Waals surface area (Å²) in [5, 5.41) is 3.65. The Morgan fingerprint density at radius 1 is 1.40 bits per heavy atom. The second-order valence-electron chi connectivity index (χ2n) is 5.33. The number of ether oxygens (including phenoxy) is 1. The molecule has 0 aromatic rings. The predicted molar refractivity (Wildman–Crippen MR) is 62.1 cm³/mol. The molecule has 1 unspecified atom stereocenters. The maximum atomic E-state index is 5.91. The van der Waals surface area contributed by atoms with Crippen LogP contribution >= 0.6 is 0 Å². The fourth-order valence-electron chi connectivity index (χ4n) is 2.61. The third-order valence-electron chi connectivity index (χ3n) is 3.75. The maximum absolute atomic E-state index is 5.91. The molecule has 1 spiro atoms. The number of nitrogens with one attached hydrogen (secondary N) is 1. The van der Waals surface area contributed by atoms with Gasteiger partial charge in [-0.15, -0.1) is 0 Å². The SMILES string of the molecule is CN(C)CCNC1CCOC2(CCC2)C1. The highest BCUT2D eigenvalue weighted by Crippen LogP contribution is 2.42. The lowest BCUT2D eigenvalue weighted by Gasteiger charge is -2.47. The van der Waals surface area contributed by atoms with Crippen molar-refractivity contribution in [1.29, 1.82) is 0 Å². The Labute approximate surface area is 93.2 Å². The van der Waals surface area contributed by atoms with Crippen molar-refractivity contribution in [1.82, 2.24) is 10.2 Å². The topological polar surface area (TPSA) is 24.5 Å². The standard InChI is InChI=1S/C12H24N2O/c1-14(2)8-7-13-11-4-9-15-12(10-11)5-3-6-12/h11,13H,3-10H2,1-2H3. The third-order valence-corrected chi connectivity index (χ3v) is 3.75. The first-order valence-corrected chi connectivity index (χ1v) is 6.22. The van der Waals surface area contributed by atoms with Crippen molar-refractivity contribution in [3.63, 3.8) is 0 Å². The molecule has 1 saturated carbocycles. The first-order chi connectivity index (χ1) is 7.20. The van der Waals surface area contributed by atoms with Crippen LogP contribution in [0.1, 0.15) is 32.1 Å². The number of hydrogen-bond donors (Lipinski definition) is 1. The van der Waals surface area contributed by atoms with Crippen molar-refractivity contribution in [2.24, 2.45) is 0 Å². The van der Waals surface area contributed by atoms with E-state index in [1.807, 2.05) is 0 Å². The molecule has 1 heterocycles. The molecule has 0 aromatic heterocycles. The van der Waals surface area contributed by atoms with E-state index in [9.17, 15) is 0 Å². The number of likely N-dealkylation sites (N-methyl/N-ethyl adjacent to an activating group) is 1. The van der Waals surface area contributed by atoms with E-state index in [-0.39, 0.29) is 5.60 Å². The smallest absolute Gasteiger partial charge is 0.0697 e. The van der Waals surface area contributed by atoms with Gasteiger partial charge in [-0.1, -0.05) is 0 Å². The van der Waals surface area contributed by atoms with Crippen LogP contribution in [0, 0.1) is 0 Å². The van der Waals surface area contributed by atoms with Gasteiger partial charge >= 0.3 is 0 Å². The molecule has 0 aromatic carbocycles. The summed E-state index contributed by atoms with van der Waals surface area (Å²) in [6.07, 6.45) is 6.37. The van der Waals surface area contributed by atoms with E-state index in [0.29, 0.717) is 6.04 Å². The molecule has 1 N–H and O–H groups in total. The van der Waals surface area contributed by atoms with Gasteiger partial charge in [0.05, 0.1) is 5.60 Å². The molecule has 0 bridgehead atoms. The van der Waals surface area contributed by atoms with E-state index in [1.165, 1.54) is 32.1 Å². The summed E-state index contributed by atoms with van der Waals surface area (Å²) < 4.78 is 5.91. The first kappa shape index (κ1) is 11.4. The molecule has 2 aliphatic rings. The van der Waals surface area contributed by atoms with Crippen molar-refractivity contribution in [2.75, 3.05) is 33.8 Å². The van der Waals surface area contributed by atoms with Crippen LogP contribution in [0.2, 0.25) is 0 Å². The molecule has 1 atom stereocenters. The predicted octanol–water partition coefficient (Wildman–Crippen LogP) is 1.24. The Hall–Kier alpha value is -0.120. The quantitative estimate of drug-likeness (QED) is 0.759. The highest BCUT2D eigenvalue weighted by atomic mass is 16.5. The number of hydrogen-bond acceptors (Lipinski definition) is 3. The molecular formula is C12H24N2O. The molecule has 15 heavy (non-hydrogen) atoms. The van der Waals surface area contributed by atoms with E-state index >= 15 is 0 Å². The zero-order valence-electron chi connectivity index (χ0n) is 10.1. The van der Waals surface area contributed by atoms with Gasteiger partial charge in [-0.05, 0) is 46.2 Å². The monoisotopic (exact) mass is 212 g/mol. The average Bonchev–Trinajstić information content (AvgIpc) is 2.15. The van der Waals surface area contributed by atoms with Crippen molar-refractivity contribution < 1.29 is 4.74 Å². The van der Waals surface area contributed by atoms with Crippen molar-refractivity contribution >= 4 is 0 Å². The van der Waals surface area contributed by atoms with E-state index < -0.39 is 0 Å².